The Hall–Kier alpha value is 0.499. The summed E-state index contributed by atoms with van der Waals surface area (Å²) >= 11 is -2.08. The van der Waals surface area contributed by atoms with E-state index in [0.29, 0.717) is 0 Å². The van der Waals surface area contributed by atoms with Gasteiger partial charge in [0.15, 0.2) is 0 Å². The molecule has 0 saturated heterocycles. The van der Waals surface area contributed by atoms with Gasteiger partial charge in [-0.3, -0.25) is 0 Å². The molecule has 0 aliphatic rings. The van der Waals surface area contributed by atoms with Crippen LogP contribution in [-0.2, 0) is 0 Å². The molecule has 0 saturated carbocycles. The Morgan fingerprint density at radius 3 is 1.56 bits per heavy atom. The van der Waals surface area contributed by atoms with Gasteiger partial charge in [0.05, 0.1) is 0 Å². The molecule has 0 heterocycles. The SMILES string of the molecule is C=[C](CNC)[Sn]([CH2]CCC)([CH2]CCC)[CH2]CCC. The molecule has 18 heavy (non-hydrogen) atoms. The van der Waals surface area contributed by atoms with E-state index < -0.39 is 18.4 Å². The normalized spacial score (nSPS) is 11.8. The Labute approximate surface area is 120 Å². The van der Waals surface area contributed by atoms with Crippen molar-refractivity contribution in [1.29, 1.82) is 0 Å². The third kappa shape index (κ3) is 6.60. The summed E-state index contributed by atoms with van der Waals surface area (Å²) in [5.74, 6) is 0. The van der Waals surface area contributed by atoms with Crippen LogP contribution < -0.4 is 5.32 Å². The van der Waals surface area contributed by atoms with Gasteiger partial charge in [-0.05, 0) is 0 Å². The predicted octanol–water partition coefficient (Wildman–Crippen LogP) is 5.15. The third-order valence-corrected chi connectivity index (χ3v) is 20.2. The van der Waals surface area contributed by atoms with Crippen LogP contribution >= 0.6 is 0 Å². The first-order chi connectivity index (χ1) is 8.66. The van der Waals surface area contributed by atoms with E-state index in [2.05, 4.69) is 39.7 Å². The molecule has 0 radical (unpaired) electrons. The van der Waals surface area contributed by atoms with Gasteiger partial charge in [-0.15, -0.1) is 0 Å². The average molecular weight is 360 g/mol. The van der Waals surface area contributed by atoms with Crippen LogP contribution in [0.5, 0.6) is 0 Å². The molecule has 0 amide bonds. The first-order valence-electron chi connectivity index (χ1n) is 7.99. The van der Waals surface area contributed by atoms with Crippen molar-refractivity contribution >= 4 is 18.4 Å². The molecule has 0 aromatic carbocycles. The van der Waals surface area contributed by atoms with Crippen LogP contribution in [0.2, 0.25) is 13.3 Å². The summed E-state index contributed by atoms with van der Waals surface area (Å²) in [4.78, 5) is 0. The van der Waals surface area contributed by atoms with Gasteiger partial charge >= 0.3 is 120 Å². The number of hydrogen-bond donors (Lipinski definition) is 1. The fraction of sp³-hybridized carbons (Fsp3) is 0.875. The molecular formula is C16H35NSn. The molecule has 0 spiro atoms. The Bertz CT molecular complexity index is 191. The van der Waals surface area contributed by atoms with E-state index in [1.807, 2.05) is 0 Å². The van der Waals surface area contributed by atoms with E-state index in [9.17, 15) is 0 Å². The van der Waals surface area contributed by atoms with Crippen molar-refractivity contribution in [2.24, 2.45) is 0 Å². The number of likely N-dealkylation sites (N-methyl/N-ethyl adjacent to an activating group) is 1. The Morgan fingerprint density at radius 2 is 1.28 bits per heavy atom. The van der Waals surface area contributed by atoms with Gasteiger partial charge in [0, 0.05) is 0 Å². The van der Waals surface area contributed by atoms with Crippen LogP contribution in [0.1, 0.15) is 59.3 Å². The Balaban J connectivity index is 4.78. The van der Waals surface area contributed by atoms with Gasteiger partial charge in [0.1, 0.15) is 0 Å². The third-order valence-electron chi connectivity index (χ3n) is 4.17. The molecule has 0 atom stereocenters. The van der Waals surface area contributed by atoms with E-state index in [1.54, 1.807) is 16.9 Å². The first kappa shape index (κ1) is 18.5. The average Bonchev–Trinajstić information content (AvgIpc) is 2.38. The van der Waals surface area contributed by atoms with Crippen LogP contribution in [0.15, 0.2) is 10.2 Å². The van der Waals surface area contributed by atoms with Crippen LogP contribution in [0.4, 0.5) is 0 Å². The number of rotatable bonds is 12. The molecular weight excluding hydrogens is 325 g/mol. The van der Waals surface area contributed by atoms with Gasteiger partial charge in [0.25, 0.3) is 0 Å². The Morgan fingerprint density at radius 1 is 0.889 bits per heavy atom. The van der Waals surface area contributed by atoms with Gasteiger partial charge in [-0.25, -0.2) is 0 Å². The molecule has 1 nitrogen and oxygen atoms in total. The van der Waals surface area contributed by atoms with Crippen molar-refractivity contribution in [2.75, 3.05) is 13.6 Å². The number of unbranched alkanes of at least 4 members (excludes halogenated alkanes) is 3. The molecule has 0 aliphatic carbocycles. The molecule has 0 aromatic heterocycles. The molecule has 0 fully saturated rings. The zero-order valence-electron chi connectivity index (χ0n) is 13.3. The van der Waals surface area contributed by atoms with Crippen molar-refractivity contribution < 1.29 is 0 Å². The maximum atomic E-state index is 4.51. The summed E-state index contributed by atoms with van der Waals surface area (Å²) in [5, 5.41) is 3.35. The van der Waals surface area contributed by atoms with Crippen molar-refractivity contribution in [3.8, 4) is 0 Å². The molecule has 0 rings (SSSR count). The molecule has 1 N–H and O–H groups in total. The summed E-state index contributed by atoms with van der Waals surface area (Å²) < 4.78 is 6.30. The fourth-order valence-electron chi connectivity index (χ4n) is 2.85. The topological polar surface area (TPSA) is 12.0 Å². The maximum absolute atomic E-state index is 4.51. The monoisotopic (exact) mass is 361 g/mol. The summed E-state index contributed by atoms with van der Waals surface area (Å²) in [5.41, 5.74) is 0. The van der Waals surface area contributed by atoms with Crippen LogP contribution in [0.3, 0.4) is 0 Å². The van der Waals surface area contributed by atoms with Crippen molar-refractivity contribution in [1.82, 2.24) is 5.32 Å². The van der Waals surface area contributed by atoms with Crippen molar-refractivity contribution in [3.05, 3.63) is 10.2 Å². The van der Waals surface area contributed by atoms with Crippen LogP contribution in [-0.4, -0.2) is 32.0 Å². The minimum absolute atomic E-state index is 1.08. The Kier molecular flexibility index (Phi) is 11.6. The van der Waals surface area contributed by atoms with Gasteiger partial charge in [-0.2, -0.15) is 0 Å². The number of nitrogens with one attached hydrogen (secondary N) is 1. The summed E-state index contributed by atoms with van der Waals surface area (Å²) in [6.45, 7) is 12.6. The minimum atomic E-state index is -2.08. The molecule has 108 valence electrons. The molecule has 0 aromatic rings. The zero-order valence-corrected chi connectivity index (χ0v) is 16.1. The van der Waals surface area contributed by atoms with Crippen molar-refractivity contribution in [3.63, 3.8) is 0 Å². The molecule has 2 heteroatoms. The zero-order chi connectivity index (χ0) is 13.9. The van der Waals surface area contributed by atoms with Gasteiger partial charge in [0.2, 0.25) is 0 Å². The molecule has 0 unspecified atom stereocenters. The van der Waals surface area contributed by atoms with E-state index in [1.165, 1.54) is 38.5 Å². The number of hydrogen-bond acceptors (Lipinski definition) is 1. The standard InChI is InChI=1S/C4H8N.3C4H9.Sn/c1-3-4-5-2;3*1-3-4-2;/h5H,1,4H2,2H3;3*1,3-4H2,2H3;. The fourth-order valence-corrected chi connectivity index (χ4v) is 18.4. The second-order valence-corrected chi connectivity index (χ2v) is 19.3. The predicted molar refractivity (Wildman–Crippen MR) is 88.0 cm³/mol. The molecule has 0 aliphatic heterocycles. The quantitative estimate of drug-likeness (QED) is 0.475. The van der Waals surface area contributed by atoms with Gasteiger partial charge < -0.3 is 0 Å². The van der Waals surface area contributed by atoms with Crippen molar-refractivity contribution in [2.45, 2.75) is 72.6 Å². The van der Waals surface area contributed by atoms with E-state index in [4.69, 9.17) is 0 Å². The van der Waals surface area contributed by atoms with Crippen LogP contribution in [0.25, 0.3) is 0 Å². The molecule has 0 bridgehead atoms. The summed E-state index contributed by atoms with van der Waals surface area (Å²) in [7, 11) is 2.07. The first-order valence-corrected chi connectivity index (χ1v) is 15.5. The summed E-state index contributed by atoms with van der Waals surface area (Å²) in [6, 6.07) is 0. The van der Waals surface area contributed by atoms with Gasteiger partial charge in [-0.1, -0.05) is 0 Å². The second kappa shape index (κ2) is 11.3. The second-order valence-electron chi connectivity index (χ2n) is 5.72. The van der Waals surface area contributed by atoms with Crippen LogP contribution in [0, 0.1) is 0 Å². The van der Waals surface area contributed by atoms with E-state index >= 15 is 0 Å². The van der Waals surface area contributed by atoms with E-state index in [0.717, 1.165) is 6.54 Å². The van der Waals surface area contributed by atoms with E-state index in [-0.39, 0.29) is 0 Å². The summed E-state index contributed by atoms with van der Waals surface area (Å²) in [6.07, 6.45) is 8.36.